The second-order valence-corrected chi connectivity index (χ2v) is 4.60. The summed E-state index contributed by atoms with van der Waals surface area (Å²) in [6.07, 6.45) is 11.4. The van der Waals surface area contributed by atoms with E-state index >= 15 is 0 Å². The lowest BCUT2D eigenvalue weighted by molar-refractivity contribution is -0.00308. The molecule has 1 saturated carbocycles. The Labute approximate surface area is 102 Å². The fraction of sp³-hybridized carbons (Fsp3) is 0.643. The standard InChI is InChI=1S/C14H20O3/c1-2-16-14(15)17-13-10-6-5-9-12(13)11-7-3-4-8-11/h3-4,7,12-13H,2,5-6,8-10H2,1H3. The summed E-state index contributed by atoms with van der Waals surface area (Å²) in [5.41, 5.74) is 1.40. The zero-order valence-corrected chi connectivity index (χ0v) is 10.4. The molecule has 17 heavy (non-hydrogen) atoms. The first kappa shape index (κ1) is 12.2. The van der Waals surface area contributed by atoms with E-state index in [0.29, 0.717) is 12.5 Å². The van der Waals surface area contributed by atoms with Gasteiger partial charge in [0.2, 0.25) is 0 Å². The lowest BCUT2D eigenvalue weighted by Crippen LogP contribution is -2.31. The first-order valence-electron chi connectivity index (χ1n) is 6.50. The number of rotatable bonds is 3. The predicted octanol–water partition coefficient (Wildman–Crippen LogP) is 3.60. The largest absolute Gasteiger partial charge is 0.508 e. The summed E-state index contributed by atoms with van der Waals surface area (Å²) in [7, 11) is 0. The van der Waals surface area contributed by atoms with Gasteiger partial charge in [-0.25, -0.2) is 4.79 Å². The highest BCUT2D eigenvalue weighted by atomic mass is 16.7. The van der Waals surface area contributed by atoms with Crippen LogP contribution in [-0.4, -0.2) is 18.9 Å². The molecule has 2 aliphatic carbocycles. The molecule has 2 atom stereocenters. The number of ether oxygens (including phenoxy) is 2. The number of carbonyl (C=O) groups excluding carboxylic acids is 1. The van der Waals surface area contributed by atoms with E-state index in [4.69, 9.17) is 9.47 Å². The molecule has 0 N–H and O–H groups in total. The van der Waals surface area contributed by atoms with Crippen molar-refractivity contribution < 1.29 is 14.3 Å². The van der Waals surface area contributed by atoms with Gasteiger partial charge in [-0.3, -0.25) is 0 Å². The van der Waals surface area contributed by atoms with E-state index in [0.717, 1.165) is 25.7 Å². The first-order valence-corrected chi connectivity index (χ1v) is 6.50. The van der Waals surface area contributed by atoms with E-state index in [1.54, 1.807) is 6.92 Å². The van der Waals surface area contributed by atoms with E-state index in [2.05, 4.69) is 18.2 Å². The Morgan fingerprint density at radius 3 is 2.94 bits per heavy atom. The molecule has 2 aliphatic rings. The maximum absolute atomic E-state index is 11.4. The third kappa shape index (κ3) is 3.11. The quantitative estimate of drug-likeness (QED) is 0.702. The summed E-state index contributed by atoms with van der Waals surface area (Å²) >= 11 is 0. The van der Waals surface area contributed by atoms with Crippen LogP contribution in [0.4, 0.5) is 4.79 Å². The van der Waals surface area contributed by atoms with Gasteiger partial charge >= 0.3 is 6.16 Å². The van der Waals surface area contributed by atoms with Crippen molar-refractivity contribution in [1.82, 2.24) is 0 Å². The third-order valence-corrected chi connectivity index (χ3v) is 3.49. The van der Waals surface area contributed by atoms with Gasteiger partial charge in [0.15, 0.2) is 0 Å². The van der Waals surface area contributed by atoms with Crippen LogP contribution in [0.15, 0.2) is 23.8 Å². The smallest absolute Gasteiger partial charge is 0.435 e. The number of hydrogen-bond acceptors (Lipinski definition) is 3. The monoisotopic (exact) mass is 236 g/mol. The van der Waals surface area contributed by atoms with E-state index in [9.17, 15) is 4.79 Å². The molecule has 0 aromatic rings. The van der Waals surface area contributed by atoms with E-state index in [1.807, 2.05) is 0 Å². The molecular weight excluding hydrogens is 216 g/mol. The average Bonchev–Trinajstić information content (AvgIpc) is 2.83. The number of carbonyl (C=O) groups is 1. The highest BCUT2D eigenvalue weighted by molar-refractivity contribution is 5.60. The van der Waals surface area contributed by atoms with Gasteiger partial charge in [0.05, 0.1) is 6.61 Å². The molecular formula is C14H20O3. The van der Waals surface area contributed by atoms with Crippen molar-refractivity contribution in [2.24, 2.45) is 5.92 Å². The Kier molecular flexibility index (Phi) is 4.24. The minimum Gasteiger partial charge on any atom is -0.435 e. The van der Waals surface area contributed by atoms with Gasteiger partial charge in [0, 0.05) is 5.92 Å². The van der Waals surface area contributed by atoms with Gasteiger partial charge in [-0.05, 0) is 32.6 Å². The molecule has 94 valence electrons. The van der Waals surface area contributed by atoms with E-state index in [-0.39, 0.29) is 6.10 Å². The third-order valence-electron chi connectivity index (χ3n) is 3.49. The highest BCUT2D eigenvalue weighted by Gasteiger charge is 2.31. The summed E-state index contributed by atoms with van der Waals surface area (Å²) in [5, 5.41) is 0. The number of allylic oxidation sites excluding steroid dienone is 3. The van der Waals surface area contributed by atoms with Crippen LogP contribution in [-0.2, 0) is 9.47 Å². The lowest BCUT2D eigenvalue weighted by atomic mass is 9.81. The van der Waals surface area contributed by atoms with Crippen LogP contribution in [0, 0.1) is 5.92 Å². The molecule has 2 rings (SSSR count). The molecule has 3 heteroatoms. The van der Waals surface area contributed by atoms with Crippen molar-refractivity contribution in [2.45, 2.75) is 45.1 Å². The molecule has 0 spiro atoms. The van der Waals surface area contributed by atoms with Crippen LogP contribution >= 0.6 is 0 Å². The molecule has 0 aromatic carbocycles. The molecule has 3 nitrogen and oxygen atoms in total. The SMILES string of the molecule is CCOC(=O)OC1CCCCC1C1=CC=CC1. The average molecular weight is 236 g/mol. The molecule has 0 bridgehead atoms. The van der Waals surface area contributed by atoms with Gasteiger partial charge in [0.25, 0.3) is 0 Å². The predicted molar refractivity (Wildman–Crippen MR) is 65.7 cm³/mol. The lowest BCUT2D eigenvalue weighted by Gasteiger charge is -2.31. The molecule has 2 unspecified atom stereocenters. The fourth-order valence-electron chi connectivity index (χ4n) is 2.68. The second-order valence-electron chi connectivity index (χ2n) is 4.60. The van der Waals surface area contributed by atoms with E-state index in [1.165, 1.54) is 12.0 Å². The molecule has 0 radical (unpaired) electrons. The molecule has 0 aliphatic heterocycles. The molecule has 0 saturated heterocycles. The Bertz CT molecular complexity index is 330. The summed E-state index contributed by atoms with van der Waals surface area (Å²) < 4.78 is 10.3. The zero-order chi connectivity index (χ0) is 12.1. The summed E-state index contributed by atoms with van der Waals surface area (Å²) in [5.74, 6) is 0.392. The van der Waals surface area contributed by atoms with Crippen molar-refractivity contribution in [3.63, 3.8) is 0 Å². The Morgan fingerprint density at radius 1 is 1.41 bits per heavy atom. The van der Waals surface area contributed by atoms with Gasteiger partial charge in [-0.2, -0.15) is 0 Å². The van der Waals surface area contributed by atoms with Crippen LogP contribution in [0.1, 0.15) is 39.0 Å². The van der Waals surface area contributed by atoms with E-state index < -0.39 is 6.16 Å². The minimum absolute atomic E-state index is 0.00829. The van der Waals surface area contributed by atoms with Gasteiger partial charge < -0.3 is 9.47 Å². The molecule has 0 amide bonds. The van der Waals surface area contributed by atoms with Crippen LogP contribution < -0.4 is 0 Å². The van der Waals surface area contributed by atoms with Crippen molar-refractivity contribution >= 4 is 6.16 Å². The molecule has 1 fully saturated rings. The number of hydrogen-bond donors (Lipinski definition) is 0. The van der Waals surface area contributed by atoms with Gasteiger partial charge in [0.1, 0.15) is 6.10 Å². The molecule has 0 heterocycles. The Morgan fingerprint density at radius 2 is 2.24 bits per heavy atom. The normalized spacial score (nSPS) is 27.7. The van der Waals surface area contributed by atoms with Crippen molar-refractivity contribution in [1.29, 1.82) is 0 Å². The fourth-order valence-corrected chi connectivity index (χ4v) is 2.68. The van der Waals surface area contributed by atoms with Gasteiger partial charge in [-0.15, -0.1) is 0 Å². The summed E-state index contributed by atoms with van der Waals surface area (Å²) in [6, 6.07) is 0. The van der Waals surface area contributed by atoms with Crippen LogP contribution in [0.5, 0.6) is 0 Å². The maximum atomic E-state index is 11.4. The molecule has 0 aromatic heterocycles. The highest BCUT2D eigenvalue weighted by Crippen LogP contribution is 2.35. The Balaban J connectivity index is 1.94. The minimum atomic E-state index is -0.518. The van der Waals surface area contributed by atoms with Crippen molar-refractivity contribution in [3.8, 4) is 0 Å². The maximum Gasteiger partial charge on any atom is 0.508 e. The zero-order valence-electron chi connectivity index (χ0n) is 10.4. The second kappa shape index (κ2) is 5.89. The summed E-state index contributed by atoms with van der Waals surface area (Å²) in [4.78, 5) is 11.4. The van der Waals surface area contributed by atoms with Crippen molar-refractivity contribution in [3.05, 3.63) is 23.8 Å². The first-order chi connectivity index (χ1) is 8.31. The van der Waals surface area contributed by atoms with Crippen LogP contribution in [0.3, 0.4) is 0 Å². The van der Waals surface area contributed by atoms with Crippen molar-refractivity contribution in [2.75, 3.05) is 6.61 Å². The van der Waals surface area contributed by atoms with Gasteiger partial charge in [-0.1, -0.05) is 30.2 Å². The summed E-state index contributed by atoms with van der Waals surface area (Å²) in [6.45, 7) is 2.17. The topological polar surface area (TPSA) is 35.5 Å². The van der Waals surface area contributed by atoms with Crippen LogP contribution in [0.25, 0.3) is 0 Å². The van der Waals surface area contributed by atoms with Crippen LogP contribution in [0.2, 0.25) is 0 Å². The Hall–Kier alpha value is -1.25.